The molecular weight excluding hydrogens is 504 g/mol. The van der Waals surface area contributed by atoms with Crippen LogP contribution < -0.4 is 9.64 Å². The molecule has 0 N–H and O–H groups in total. The van der Waals surface area contributed by atoms with E-state index in [1.54, 1.807) is 36.3 Å². The second-order valence-electron chi connectivity index (χ2n) is 9.10. The second-order valence-corrected chi connectivity index (χ2v) is 10.4. The maximum atomic E-state index is 13.3. The molecule has 3 amide bonds. The van der Waals surface area contributed by atoms with E-state index in [1.165, 1.54) is 0 Å². The van der Waals surface area contributed by atoms with Gasteiger partial charge in [-0.25, -0.2) is 4.79 Å². The van der Waals surface area contributed by atoms with Crippen LogP contribution >= 0.6 is 11.8 Å². The van der Waals surface area contributed by atoms with Crippen molar-refractivity contribution in [1.29, 1.82) is 0 Å². The van der Waals surface area contributed by atoms with E-state index in [1.807, 2.05) is 39.0 Å². The Hall–Kier alpha value is -3.37. The van der Waals surface area contributed by atoms with Gasteiger partial charge in [-0.15, -0.1) is 5.01 Å². The molecule has 2 heterocycles. The number of aryl methyl sites for hydroxylation is 1. The molecule has 202 valence electrons. The molecule has 2 aliphatic heterocycles. The van der Waals surface area contributed by atoms with Gasteiger partial charge in [0.2, 0.25) is 0 Å². The van der Waals surface area contributed by atoms with Crippen molar-refractivity contribution in [1.82, 2.24) is 9.91 Å². The van der Waals surface area contributed by atoms with Crippen LogP contribution in [-0.2, 0) is 11.2 Å². The molecule has 9 nitrogen and oxygen atoms in total. The normalized spacial score (nSPS) is 17.2. The largest absolute Gasteiger partial charge is 0.497 e. The van der Waals surface area contributed by atoms with Crippen molar-refractivity contribution in [2.24, 2.45) is 5.10 Å². The Labute approximate surface area is 227 Å². The fraction of sp³-hybridized carbons (Fsp3) is 0.429. The topological polar surface area (TPSA) is 91.8 Å². The van der Waals surface area contributed by atoms with Crippen molar-refractivity contribution in [2.45, 2.75) is 38.9 Å². The first kappa shape index (κ1) is 27.7. The summed E-state index contributed by atoms with van der Waals surface area (Å²) in [5.74, 6) is 0.635. The van der Waals surface area contributed by atoms with Gasteiger partial charge in [0, 0.05) is 24.3 Å². The highest BCUT2D eigenvalue weighted by atomic mass is 32.2. The van der Waals surface area contributed by atoms with Crippen LogP contribution in [-0.4, -0.2) is 78.0 Å². The van der Waals surface area contributed by atoms with Crippen LogP contribution in [0.4, 0.5) is 15.3 Å². The van der Waals surface area contributed by atoms with Crippen LogP contribution in [0.15, 0.2) is 47.6 Å². The molecule has 10 heteroatoms. The number of methoxy groups -OCH3 is 1. The Balaban J connectivity index is 1.53. The predicted octanol–water partition coefficient (Wildman–Crippen LogP) is 5.03. The zero-order valence-corrected chi connectivity index (χ0v) is 23.1. The number of likely N-dealkylation sites (N-methyl/N-ethyl adjacent to an activating group) is 1. The predicted molar refractivity (Wildman–Crippen MR) is 149 cm³/mol. The maximum absolute atomic E-state index is 13.3. The summed E-state index contributed by atoms with van der Waals surface area (Å²) in [7, 11) is 1.59. The minimum atomic E-state index is -0.770. The molecule has 0 bridgehead atoms. The number of benzene rings is 2. The van der Waals surface area contributed by atoms with E-state index < -0.39 is 11.3 Å². The van der Waals surface area contributed by atoms with Crippen LogP contribution in [0, 0.1) is 0 Å². The molecule has 1 atom stereocenters. The summed E-state index contributed by atoms with van der Waals surface area (Å²) in [6.07, 6.45) is 0.882. The number of hydrazone groups is 1. The minimum absolute atomic E-state index is 0.0653. The first-order valence-electron chi connectivity index (χ1n) is 12.9. The fourth-order valence-corrected chi connectivity index (χ4v) is 5.43. The number of hydrogen-bond donors (Lipinski definition) is 0. The highest BCUT2D eigenvalue weighted by Crippen LogP contribution is 2.33. The third kappa shape index (κ3) is 6.02. The number of fused-ring (bicyclic) bond motifs is 1. The average Bonchev–Trinajstić information content (AvgIpc) is 2.94. The van der Waals surface area contributed by atoms with Gasteiger partial charge >= 0.3 is 11.3 Å². The Morgan fingerprint density at radius 2 is 1.87 bits per heavy atom. The number of rotatable bonds is 8. The van der Waals surface area contributed by atoms with Gasteiger partial charge in [-0.3, -0.25) is 9.59 Å². The van der Waals surface area contributed by atoms with E-state index in [2.05, 4.69) is 10.0 Å². The Morgan fingerprint density at radius 1 is 1.13 bits per heavy atom. The average molecular weight is 539 g/mol. The van der Waals surface area contributed by atoms with Crippen molar-refractivity contribution in [3.05, 3.63) is 59.2 Å². The number of nitrogens with zero attached hydrogens (tertiary/aromatic N) is 4. The summed E-state index contributed by atoms with van der Waals surface area (Å²) in [4.78, 5) is 42.5. The summed E-state index contributed by atoms with van der Waals surface area (Å²) in [6, 6.07) is 12.9. The molecule has 2 aliphatic rings. The number of imide groups is 1. The summed E-state index contributed by atoms with van der Waals surface area (Å²) < 4.78 is 10.5. The Kier molecular flexibility index (Phi) is 9.06. The molecule has 0 saturated heterocycles. The highest BCUT2D eigenvalue weighted by molar-refractivity contribution is 8.14. The number of anilines is 1. The summed E-state index contributed by atoms with van der Waals surface area (Å²) >= 11 is 1.04. The summed E-state index contributed by atoms with van der Waals surface area (Å²) in [6.45, 7) is 9.10. The van der Waals surface area contributed by atoms with Gasteiger partial charge in [-0.1, -0.05) is 31.7 Å². The molecule has 0 spiro atoms. The van der Waals surface area contributed by atoms with Crippen LogP contribution in [0.2, 0.25) is 0 Å². The van der Waals surface area contributed by atoms with Crippen LogP contribution in [0.5, 0.6) is 5.75 Å². The molecule has 0 saturated carbocycles. The second kappa shape index (κ2) is 12.4. The smallest absolute Gasteiger partial charge is 0.438 e. The quantitative estimate of drug-likeness (QED) is 0.466. The molecule has 0 radical (unpaired) electrons. The molecule has 2 aromatic carbocycles. The van der Waals surface area contributed by atoms with E-state index in [-0.39, 0.29) is 17.8 Å². The first-order valence-corrected chi connectivity index (χ1v) is 13.8. The van der Waals surface area contributed by atoms with E-state index in [4.69, 9.17) is 9.47 Å². The third-order valence-corrected chi connectivity index (χ3v) is 7.77. The highest BCUT2D eigenvalue weighted by Gasteiger charge is 2.34. The van der Waals surface area contributed by atoms with E-state index in [0.29, 0.717) is 30.1 Å². The molecule has 2 aromatic rings. The van der Waals surface area contributed by atoms with Gasteiger partial charge < -0.3 is 19.3 Å². The molecule has 0 fully saturated rings. The number of carbonyl (C=O) groups excluding carboxylic acids is 3. The number of ether oxygens (including phenoxy) is 2. The van der Waals surface area contributed by atoms with Crippen LogP contribution in [0.25, 0.3) is 0 Å². The lowest BCUT2D eigenvalue weighted by atomic mass is 9.96. The lowest BCUT2D eigenvalue weighted by Crippen LogP contribution is -2.39. The Morgan fingerprint density at radius 3 is 2.55 bits per heavy atom. The number of hydrogen-bond acceptors (Lipinski definition) is 8. The molecule has 4 rings (SSSR count). The summed E-state index contributed by atoms with van der Waals surface area (Å²) in [5.41, 5.74) is 3.92. The van der Waals surface area contributed by atoms with Gasteiger partial charge in [0.05, 0.1) is 18.1 Å². The first-order chi connectivity index (χ1) is 18.4. The minimum Gasteiger partial charge on any atom is -0.497 e. The van der Waals surface area contributed by atoms with Crippen molar-refractivity contribution in [3.8, 4) is 5.75 Å². The zero-order valence-electron chi connectivity index (χ0n) is 22.3. The lowest BCUT2D eigenvalue weighted by molar-refractivity contribution is 0.0983. The summed E-state index contributed by atoms with van der Waals surface area (Å²) in [5, 5.41) is 4.55. The van der Waals surface area contributed by atoms with Crippen molar-refractivity contribution in [2.75, 3.05) is 44.8 Å². The molecule has 0 aromatic heterocycles. The van der Waals surface area contributed by atoms with E-state index in [0.717, 1.165) is 59.5 Å². The zero-order chi connectivity index (χ0) is 27.2. The number of amides is 3. The van der Waals surface area contributed by atoms with Gasteiger partial charge in [-0.05, 0) is 80.4 Å². The van der Waals surface area contributed by atoms with E-state index in [9.17, 15) is 14.4 Å². The standard InChI is InChI=1S/C28H34N4O5S/c1-5-30(6-2)16-17-37-27(34)32-28(35)38-19(3)25(29-32)22-11-14-24-21(18-22)8-7-15-31(24)26(33)20-9-12-23(36-4)13-10-20/h9-14,18-19H,5-8,15-17H2,1-4H3. The van der Waals surface area contributed by atoms with Gasteiger partial charge in [0.25, 0.3) is 5.91 Å². The van der Waals surface area contributed by atoms with Crippen LogP contribution in [0.3, 0.4) is 0 Å². The molecule has 1 unspecified atom stereocenters. The maximum Gasteiger partial charge on any atom is 0.438 e. The van der Waals surface area contributed by atoms with Crippen molar-refractivity contribution < 1.29 is 23.9 Å². The van der Waals surface area contributed by atoms with Gasteiger partial charge in [0.1, 0.15) is 12.4 Å². The monoisotopic (exact) mass is 538 g/mol. The fourth-order valence-electron chi connectivity index (χ4n) is 4.61. The van der Waals surface area contributed by atoms with Gasteiger partial charge in [-0.2, -0.15) is 5.10 Å². The number of carbonyl (C=O) groups is 3. The lowest BCUT2D eigenvalue weighted by Gasteiger charge is -2.31. The van der Waals surface area contributed by atoms with Gasteiger partial charge in [0.15, 0.2) is 0 Å². The van der Waals surface area contributed by atoms with E-state index >= 15 is 0 Å². The van der Waals surface area contributed by atoms with Crippen molar-refractivity contribution >= 4 is 40.4 Å². The van der Waals surface area contributed by atoms with Crippen molar-refractivity contribution in [3.63, 3.8) is 0 Å². The van der Waals surface area contributed by atoms with Crippen LogP contribution in [0.1, 0.15) is 48.7 Å². The molecular formula is C28H34N4O5S. The third-order valence-electron chi connectivity index (χ3n) is 6.82. The Bertz CT molecular complexity index is 1210. The molecule has 0 aliphatic carbocycles. The SMILES string of the molecule is CCN(CC)CCOC(=O)N1N=C(c2ccc3c(c2)CCCN3C(=O)c2ccc(OC)cc2)C(C)SC1=O. The number of thioether (sulfide) groups is 1. The molecule has 38 heavy (non-hydrogen) atoms.